The zero-order chi connectivity index (χ0) is 10.5. The van der Waals surface area contributed by atoms with Crippen LogP contribution in [0.4, 0.5) is 0 Å². The average molecular weight is 200 g/mol. The van der Waals surface area contributed by atoms with Gasteiger partial charge in [-0.25, -0.2) is 0 Å². The number of hydrogen-bond donors (Lipinski definition) is 0. The summed E-state index contributed by atoms with van der Waals surface area (Å²) in [4.78, 5) is 0. The predicted octanol–water partition coefficient (Wildman–Crippen LogP) is 4.67. The van der Waals surface area contributed by atoms with Crippen molar-refractivity contribution < 1.29 is 0 Å². The molecule has 2 rings (SSSR count). The van der Waals surface area contributed by atoms with E-state index >= 15 is 0 Å². The fraction of sp³-hybridized carbons (Fsp3) is 0.467. The van der Waals surface area contributed by atoms with Crippen LogP contribution in [0.2, 0.25) is 0 Å². The zero-order valence-corrected chi connectivity index (χ0v) is 9.58. The standard InChI is InChI=1S/C15H20/c1-13(15-10-6-3-7-11-15)12-14-8-4-2-5-9-14/h3,6-7,10-12,14H,2,4-5,8-9H2,1H3/b13-12-. The Labute approximate surface area is 93.0 Å². The van der Waals surface area contributed by atoms with Gasteiger partial charge >= 0.3 is 0 Å². The topological polar surface area (TPSA) is 0 Å². The fourth-order valence-corrected chi connectivity index (χ4v) is 2.45. The monoisotopic (exact) mass is 200 g/mol. The van der Waals surface area contributed by atoms with Gasteiger partial charge < -0.3 is 0 Å². The predicted molar refractivity (Wildman–Crippen MR) is 66.7 cm³/mol. The molecule has 0 aromatic heterocycles. The summed E-state index contributed by atoms with van der Waals surface area (Å²) < 4.78 is 0. The second kappa shape index (κ2) is 5.16. The molecule has 15 heavy (non-hydrogen) atoms. The number of benzene rings is 1. The van der Waals surface area contributed by atoms with Crippen molar-refractivity contribution in [1.82, 2.24) is 0 Å². The van der Waals surface area contributed by atoms with E-state index in [1.165, 1.54) is 43.2 Å². The van der Waals surface area contributed by atoms with Gasteiger partial charge in [0.15, 0.2) is 0 Å². The molecule has 0 unspecified atom stereocenters. The summed E-state index contributed by atoms with van der Waals surface area (Å²) in [5.74, 6) is 0.832. The van der Waals surface area contributed by atoms with Crippen LogP contribution in [-0.2, 0) is 0 Å². The highest BCUT2D eigenvalue weighted by molar-refractivity contribution is 5.63. The molecule has 0 amide bonds. The highest BCUT2D eigenvalue weighted by atomic mass is 14.2. The van der Waals surface area contributed by atoms with Crippen molar-refractivity contribution in [1.29, 1.82) is 0 Å². The Kier molecular flexibility index (Phi) is 3.60. The second-order valence-electron chi connectivity index (χ2n) is 4.61. The zero-order valence-electron chi connectivity index (χ0n) is 9.58. The second-order valence-corrected chi connectivity index (χ2v) is 4.61. The SMILES string of the molecule is C/C(=C/C1CCCCC1)c1ccccc1. The van der Waals surface area contributed by atoms with E-state index in [0.29, 0.717) is 0 Å². The Morgan fingerprint density at radius 2 is 1.73 bits per heavy atom. The molecule has 1 aliphatic rings. The summed E-state index contributed by atoms with van der Waals surface area (Å²) >= 11 is 0. The van der Waals surface area contributed by atoms with E-state index in [1.54, 1.807) is 0 Å². The van der Waals surface area contributed by atoms with Gasteiger partial charge in [-0.15, -0.1) is 0 Å². The highest BCUT2D eigenvalue weighted by Gasteiger charge is 2.10. The van der Waals surface area contributed by atoms with Gasteiger partial charge in [-0.2, -0.15) is 0 Å². The number of hydrogen-bond acceptors (Lipinski definition) is 0. The van der Waals surface area contributed by atoms with Crippen molar-refractivity contribution in [2.24, 2.45) is 5.92 Å². The van der Waals surface area contributed by atoms with Gasteiger partial charge in [0, 0.05) is 0 Å². The van der Waals surface area contributed by atoms with Crippen LogP contribution in [-0.4, -0.2) is 0 Å². The van der Waals surface area contributed by atoms with Crippen molar-refractivity contribution >= 4 is 5.57 Å². The Bertz CT molecular complexity index is 315. The molecule has 1 saturated carbocycles. The van der Waals surface area contributed by atoms with Crippen LogP contribution >= 0.6 is 0 Å². The van der Waals surface area contributed by atoms with E-state index in [0.717, 1.165) is 5.92 Å². The van der Waals surface area contributed by atoms with Gasteiger partial charge in [0.05, 0.1) is 0 Å². The average Bonchev–Trinajstić information content (AvgIpc) is 2.31. The van der Waals surface area contributed by atoms with Gasteiger partial charge in [-0.05, 0) is 36.8 Å². The lowest BCUT2D eigenvalue weighted by Crippen LogP contribution is -2.03. The van der Waals surface area contributed by atoms with Crippen LogP contribution in [0.3, 0.4) is 0 Å². The molecule has 1 aromatic carbocycles. The normalized spacial score (nSPS) is 19.1. The van der Waals surface area contributed by atoms with Crippen LogP contribution in [0.1, 0.15) is 44.6 Å². The van der Waals surface area contributed by atoms with Gasteiger partial charge in [0.2, 0.25) is 0 Å². The Morgan fingerprint density at radius 1 is 1.07 bits per heavy atom. The maximum atomic E-state index is 2.48. The summed E-state index contributed by atoms with van der Waals surface area (Å²) in [5, 5.41) is 0. The number of allylic oxidation sites excluding steroid dienone is 2. The maximum Gasteiger partial charge on any atom is -0.0228 e. The summed E-state index contributed by atoms with van der Waals surface area (Å²) in [6.07, 6.45) is 9.55. The molecule has 0 bridgehead atoms. The first-order valence-corrected chi connectivity index (χ1v) is 6.10. The third-order valence-electron chi connectivity index (χ3n) is 3.36. The first kappa shape index (κ1) is 10.5. The molecular weight excluding hydrogens is 180 g/mol. The van der Waals surface area contributed by atoms with Crippen LogP contribution in [0.25, 0.3) is 5.57 Å². The molecule has 0 saturated heterocycles. The molecule has 0 heterocycles. The van der Waals surface area contributed by atoms with Crippen molar-refractivity contribution in [3.63, 3.8) is 0 Å². The smallest absolute Gasteiger partial charge is 0.0228 e. The molecule has 0 spiro atoms. The maximum absolute atomic E-state index is 2.48. The Hall–Kier alpha value is -1.04. The van der Waals surface area contributed by atoms with Gasteiger partial charge in [-0.3, -0.25) is 0 Å². The summed E-state index contributed by atoms with van der Waals surface area (Å²) in [6, 6.07) is 10.7. The first-order chi connectivity index (χ1) is 7.36. The summed E-state index contributed by atoms with van der Waals surface area (Å²) in [7, 11) is 0. The lowest BCUT2D eigenvalue weighted by Gasteiger charge is -2.19. The lowest BCUT2D eigenvalue weighted by molar-refractivity contribution is 0.420. The van der Waals surface area contributed by atoms with Crippen molar-refractivity contribution in [2.75, 3.05) is 0 Å². The Morgan fingerprint density at radius 3 is 2.40 bits per heavy atom. The van der Waals surface area contributed by atoms with E-state index in [4.69, 9.17) is 0 Å². The quantitative estimate of drug-likeness (QED) is 0.650. The Balaban J connectivity index is 2.06. The van der Waals surface area contributed by atoms with Crippen molar-refractivity contribution in [2.45, 2.75) is 39.0 Å². The van der Waals surface area contributed by atoms with Gasteiger partial charge in [0.25, 0.3) is 0 Å². The molecular formula is C15H20. The highest BCUT2D eigenvalue weighted by Crippen LogP contribution is 2.27. The molecule has 0 aliphatic heterocycles. The van der Waals surface area contributed by atoms with Crippen LogP contribution in [0.5, 0.6) is 0 Å². The molecule has 80 valence electrons. The van der Waals surface area contributed by atoms with Crippen LogP contribution in [0.15, 0.2) is 36.4 Å². The summed E-state index contributed by atoms with van der Waals surface area (Å²) in [5.41, 5.74) is 2.82. The third kappa shape index (κ3) is 2.95. The summed E-state index contributed by atoms with van der Waals surface area (Å²) in [6.45, 7) is 2.24. The minimum atomic E-state index is 0.832. The molecule has 1 fully saturated rings. The largest absolute Gasteiger partial charge is 0.0779 e. The fourth-order valence-electron chi connectivity index (χ4n) is 2.45. The van der Waals surface area contributed by atoms with E-state index in [9.17, 15) is 0 Å². The van der Waals surface area contributed by atoms with E-state index < -0.39 is 0 Å². The first-order valence-electron chi connectivity index (χ1n) is 6.10. The van der Waals surface area contributed by atoms with Crippen molar-refractivity contribution in [3.05, 3.63) is 42.0 Å². The molecule has 0 atom stereocenters. The molecule has 1 aliphatic carbocycles. The van der Waals surface area contributed by atoms with Crippen LogP contribution < -0.4 is 0 Å². The van der Waals surface area contributed by atoms with E-state index in [-0.39, 0.29) is 0 Å². The lowest BCUT2D eigenvalue weighted by atomic mass is 9.87. The molecule has 0 heteroatoms. The van der Waals surface area contributed by atoms with E-state index in [2.05, 4.69) is 43.3 Å². The molecule has 0 nitrogen and oxygen atoms in total. The molecule has 0 radical (unpaired) electrons. The molecule has 0 N–H and O–H groups in total. The van der Waals surface area contributed by atoms with Gasteiger partial charge in [0.1, 0.15) is 0 Å². The van der Waals surface area contributed by atoms with Crippen molar-refractivity contribution in [3.8, 4) is 0 Å². The van der Waals surface area contributed by atoms with E-state index in [1.807, 2.05) is 0 Å². The third-order valence-corrected chi connectivity index (χ3v) is 3.36. The van der Waals surface area contributed by atoms with Crippen LogP contribution in [0, 0.1) is 5.92 Å². The minimum absolute atomic E-state index is 0.832. The minimum Gasteiger partial charge on any atom is -0.0779 e. The molecule has 1 aromatic rings. The van der Waals surface area contributed by atoms with Gasteiger partial charge in [-0.1, -0.05) is 55.7 Å². The number of rotatable bonds is 2.